The first kappa shape index (κ1) is 25.1. The van der Waals surface area contributed by atoms with Crippen molar-refractivity contribution >= 4 is 46.9 Å². The summed E-state index contributed by atoms with van der Waals surface area (Å²) in [7, 11) is -2.25. The van der Waals surface area contributed by atoms with Crippen LogP contribution in [0.15, 0.2) is 41.3 Å². The molecule has 0 bridgehead atoms. The molecule has 0 fully saturated rings. The summed E-state index contributed by atoms with van der Waals surface area (Å²) in [5.74, 6) is -0.530. The quantitative estimate of drug-likeness (QED) is 0.375. The SMILES string of the molecule is C[SiH](C)[Zr]([C]1=CC([Si](C)(C)C)=CC1)[C]1=CC([Si](C)(C)C)=CC1.Cl.Cl. The van der Waals surface area contributed by atoms with E-state index < -0.39 is 43.0 Å². The second kappa shape index (κ2) is 9.32. The van der Waals surface area contributed by atoms with Gasteiger partial charge in [0, 0.05) is 0 Å². The van der Waals surface area contributed by atoms with Gasteiger partial charge in [0.15, 0.2) is 0 Å². The van der Waals surface area contributed by atoms with E-state index in [2.05, 4.69) is 76.7 Å². The van der Waals surface area contributed by atoms with Gasteiger partial charge >= 0.3 is 149 Å². The summed E-state index contributed by atoms with van der Waals surface area (Å²) in [5, 5.41) is 3.46. The van der Waals surface area contributed by atoms with E-state index >= 15 is 0 Å². The Morgan fingerprint density at radius 3 is 1.29 bits per heavy atom. The summed E-state index contributed by atoms with van der Waals surface area (Å²) in [6.07, 6.45) is 13.1. The van der Waals surface area contributed by atoms with Crippen LogP contribution in [-0.2, 0) is 20.9 Å². The predicted octanol–water partition coefficient (Wildman–Crippen LogP) is 6.61. The normalized spacial score (nSPS) is 17.5. The van der Waals surface area contributed by atoms with Crippen LogP contribution < -0.4 is 0 Å². The van der Waals surface area contributed by atoms with Gasteiger partial charge in [-0.2, -0.15) is 0 Å². The molecule has 0 aromatic rings. The Hall–Kier alpha value is 1.07. The summed E-state index contributed by atoms with van der Waals surface area (Å²) in [6.45, 7) is 20.2. The Bertz CT molecular complexity index is 528. The summed E-state index contributed by atoms with van der Waals surface area (Å²) < 4.78 is 3.86. The maximum atomic E-state index is 2.68. The van der Waals surface area contributed by atoms with Crippen LogP contribution in [0.2, 0.25) is 52.4 Å². The molecule has 0 unspecified atom stereocenters. The van der Waals surface area contributed by atoms with E-state index in [-0.39, 0.29) is 24.8 Å². The van der Waals surface area contributed by atoms with Gasteiger partial charge in [-0.25, -0.2) is 0 Å². The summed E-state index contributed by atoms with van der Waals surface area (Å²) >= 11 is -1.50. The second-order valence-corrected chi connectivity index (χ2v) is 38.7. The molecule has 0 radical (unpaired) electrons. The fourth-order valence-electron chi connectivity index (χ4n) is 3.42. The minimum absolute atomic E-state index is 0. The van der Waals surface area contributed by atoms with Gasteiger partial charge in [0.1, 0.15) is 0 Å². The van der Waals surface area contributed by atoms with Crippen molar-refractivity contribution in [2.45, 2.75) is 65.2 Å². The van der Waals surface area contributed by atoms with Gasteiger partial charge < -0.3 is 0 Å². The Kier molecular flexibility index (Phi) is 9.74. The Morgan fingerprint density at radius 1 is 0.750 bits per heavy atom. The van der Waals surface area contributed by atoms with Gasteiger partial charge in [-0.05, 0) is 0 Å². The van der Waals surface area contributed by atoms with E-state index in [0.29, 0.717) is 0 Å². The van der Waals surface area contributed by atoms with Crippen LogP contribution in [-0.4, -0.2) is 22.1 Å². The van der Waals surface area contributed by atoms with Gasteiger partial charge in [-0.3, -0.25) is 0 Å². The molecule has 0 N–H and O–H groups in total. The van der Waals surface area contributed by atoms with Gasteiger partial charge in [0.05, 0.1) is 0 Å². The topological polar surface area (TPSA) is 0 Å². The molecule has 0 aromatic carbocycles. The van der Waals surface area contributed by atoms with Crippen molar-refractivity contribution in [3.05, 3.63) is 41.3 Å². The Labute approximate surface area is 173 Å². The molecule has 0 aliphatic heterocycles. The van der Waals surface area contributed by atoms with Crippen LogP contribution in [0.3, 0.4) is 0 Å². The molecule has 0 nitrogen and oxygen atoms in total. The molecular formula is C18H35Cl2Si3Zr. The number of hydrogen-bond acceptors (Lipinski definition) is 0. The maximum absolute atomic E-state index is 2.68. The van der Waals surface area contributed by atoms with Crippen molar-refractivity contribution < 1.29 is 20.9 Å². The molecule has 24 heavy (non-hydrogen) atoms. The summed E-state index contributed by atoms with van der Waals surface area (Å²) in [4.78, 5) is 0. The van der Waals surface area contributed by atoms with Crippen LogP contribution in [0.4, 0.5) is 0 Å². The Morgan fingerprint density at radius 2 is 1.08 bits per heavy atom. The van der Waals surface area contributed by atoms with Crippen LogP contribution >= 0.6 is 24.8 Å². The van der Waals surface area contributed by atoms with E-state index in [9.17, 15) is 0 Å². The van der Waals surface area contributed by atoms with Gasteiger partial charge in [-0.15, -0.1) is 24.8 Å². The van der Waals surface area contributed by atoms with Crippen molar-refractivity contribution in [3.8, 4) is 0 Å². The van der Waals surface area contributed by atoms with Crippen LogP contribution in [0.1, 0.15) is 12.8 Å². The maximum Gasteiger partial charge on any atom is -0.147 e. The molecule has 2 aliphatic carbocycles. The zero-order valence-electron chi connectivity index (χ0n) is 16.6. The van der Waals surface area contributed by atoms with E-state index in [0.717, 1.165) is 0 Å². The standard InChI is InChI=1S/2C8H13Si.C2H7Si.2ClH.Zr/c2*1-9(2,3)8-6-4-5-7-8;1-3-2;;;/h2*6-7H,4H2,1-3H3;3H,1-2H3;2*1H;. The van der Waals surface area contributed by atoms with Crippen LogP contribution in [0.25, 0.3) is 0 Å². The molecule has 0 heterocycles. The molecule has 6 heteroatoms. The number of rotatable bonds is 5. The molecule has 0 saturated heterocycles. The number of hydrogen-bond donors (Lipinski definition) is 0. The summed E-state index contributed by atoms with van der Waals surface area (Å²) in [5.41, 5.74) is 0. The average Bonchev–Trinajstić information content (AvgIpc) is 2.95. The first-order valence-corrected chi connectivity index (χ1v) is 25.3. The van der Waals surface area contributed by atoms with E-state index in [1.807, 2.05) is 6.56 Å². The van der Waals surface area contributed by atoms with Gasteiger partial charge in [0.2, 0.25) is 0 Å². The molecule has 2 aliphatic rings. The minimum atomic E-state index is -1.50. The first-order valence-electron chi connectivity index (χ1n) is 8.70. The third-order valence-corrected chi connectivity index (χ3v) is 28.1. The predicted molar refractivity (Wildman–Crippen MR) is 122 cm³/mol. The van der Waals surface area contributed by atoms with Gasteiger partial charge in [-0.1, -0.05) is 0 Å². The zero-order chi connectivity index (χ0) is 16.7. The number of allylic oxidation sites excluding steroid dienone is 8. The van der Waals surface area contributed by atoms with Crippen molar-refractivity contribution in [3.63, 3.8) is 0 Å². The zero-order valence-corrected chi connectivity index (χ0v) is 23.9. The van der Waals surface area contributed by atoms with Crippen molar-refractivity contribution in [1.29, 1.82) is 0 Å². The van der Waals surface area contributed by atoms with Crippen LogP contribution in [0.5, 0.6) is 0 Å². The molecular weight excluding hydrogens is 463 g/mol. The van der Waals surface area contributed by atoms with Crippen LogP contribution in [0, 0.1) is 0 Å². The Balaban J connectivity index is 0.00000264. The molecule has 137 valence electrons. The van der Waals surface area contributed by atoms with E-state index in [1.165, 1.54) is 12.8 Å². The smallest absolute Gasteiger partial charge is 0.147 e. The van der Waals surface area contributed by atoms with E-state index in [4.69, 9.17) is 0 Å². The molecule has 2 rings (SSSR count). The molecule has 0 spiro atoms. The first-order chi connectivity index (χ1) is 10.00. The number of halogens is 2. The fourth-order valence-corrected chi connectivity index (χ4v) is 25.7. The molecule has 0 aromatic heterocycles. The average molecular weight is 498 g/mol. The van der Waals surface area contributed by atoms with E-state index in [1.54, 1.807) is 10.4 Å². The second-order valence-electron chi connectivity index (χ2n) is 9.13. The van der Waals surface area contributed by atoms with Gasteiger partial charge in [0.25, 0.3) is 0 Å². The van der Waals surface area contributed by atoms with Crippen molar-refractivity contribution in [2.75, 3.05) is 0 Å². The third kappa shape index (κ3) is 6.06. The minimum Gasteiger partial charge on any atom is -0.147 e. The molecule has 0 saturated carbocycles. The fraction of sp³-hybridized carbons (Fsp3) is 0.556. The monoisotopic (exact) mass is 495 g/mol. The summed E-state index contributed by atoms with van der Waals surface area (Å²) in [6, 6.07) is 0. The molecule has 0 atom stereocenters. The third-order valence-electron chi connectivity index (χ3n) is 4.74. The largest absolute Gasteiger partial charge is 0.147 e. The van der Waals surface area contributed by atoms with Crippen molar-refractivity contribution in [2.24, 2.45) is 0 Å². The van der Waals surface area contributed by atoms with Crippen molar-refractivity contribution in [1.82, 2.24) is 0 Å². The molecule has 0 amide bonds.